The molecule has 0 saturated carbocycles. The van der Waals surface area contributed by atoms with E-state index in [0.717, 1.165) is 0 Å². The highest BCUT2D eigenvalue weighted by Gasteiger charge is 2.17. The van der Waals surface area contributed by atoms with Crippen molar-refractivity contribution < 1.29 is 49.0 Å². The Hall–Kier alpha value is -5.08. The normalized spacial score (nSPS) is 11.3. The molecule has 2 atom stereocenters. The standard InChI is InChI=1S/C17H20Cl2N6O4.C13H15Cl2N5O.C4H7NO4.CH4.BH2O/c18-11-3-1-2-10(15(11)19)16-17(21)23-13(24-25-16)5-4-9(26)6-22-14(28)8-29-7-12(20)27;14-9-3-1-2-8(11(9)15)12-13(17)18-10(19-20-12)5-4-7(21)6-16;5-3(6)1-9-2-4(7)8;;1-2/h1-3,9,26H,4-8H2,(H2,20,27)(H,22,28)(H2,21,23,24);1-3,7,21H,4-6,16H2,(H2,17,18,19);1-2H2,(H2,5,6)(H,7,8);1H4;1-2H/i;;;;1T. The lowest BCUT2D eigenvalue weighted by Crippen LogP contribution is -2.35. The van der Waals surface area contributed by atoms with Gasteiger partial charge in [-0.05, 0) is 25.0 Å². The highest BCUT2D eigenvalue weighted by atomic mass is 35.5. The molecule has 2 aromatic carbocycles. The molecule has 22 nitrogen and oxygen atoms in total. The minimum atomic E-state index is -1.11. The predicted molar refractivity (Wildman–Crippen MR) is 234 cm³/mol. The third kappa shape index (κ3) is 21.6. The van der Waals surface area contributed by atoms with E-state index in [2.05, 4.69) is 46.2 Å². The molecule has 0 bridgehead atoms. The van der Waals surface area contributed by atoms with Crippen LogP contribution in [0.4, 0.5) is 11.6 Å². The first kappa shape index (κ1) is 54.9. The number of hydrogen-bond acceptors (Lipinski definition) is 18. The Morgan fingerprint density at radius 2 is 1.16 bits per heavy atom. The second-order valence-electron chi connectivity index (χ2n) is 11.9. The van der Waals surface area contributed by atoms with Gasteiger partial charge in [0.2, 0.25) is 17.7 Å². The number of aliphatic carboxylic acids is 1. The highest BCUT2D eigenvalue weighted by Crippen LogP contribution is 2.35. The Morgan fingerprint density at radius 1 is 0.742 bits per heavy atom. The van der Waals surface area contributed by atoms with E-state index in [1.165, 1.54) is 0 Å². The van der Waals surface area contributed by atoms with Crippen molar-refractivity contribution >= 4 is 89.7 Å². The SMILES string of the molecule is C.NC(=O)COCC(=O)NCC(O)CCc1nnc(-c2cccc(Cl)c2Cl)c(N)n1.NC(=O)COCC(=O)O.NCC(O)CCc1nnc(-c2cccc(Cl)c2Cl)c(N)n1.[3H][B]O. The smallest absolute Gasteiger partial charge is 0.329 e. The fourth-order valence-electron chi connectivity index (χ4n) is 4.29. The number of halogens is 4. The van der Waals surface area contributed by atoms with Crippen molar-refractivity contribution in [3.8, 4) is 22.5 Å². The van der Waals surface area contributed by atoms with Crippen LogP contribution in [0.25, 0.3) is 22.5 Å². The molecule has 0 saturated heterocycles. The lowest BCUT2D eigenvalue weighted by atomic mass is 10.1. The van der Waals surface area contributed by atoms with Gasteiger partial charge in [0, 0.05) is 38.4 Å². The van der Waals surface area contributed by atoms with Crippen LogP contribution in [0.2, 0.25) is 20.1 Å². The number of aryl methyl sites for hydroxylation is 2. The van der Waals surface area contributed by atoms with Crippen molar-refractivity contribution in [2.24, 2.45) is 17.2 Å². The summed E-state index contributed by atoms with van der Waals surface area (Å²) in [6, 6.07) is 10.2. The van der Waals surface area contributed by atoms with Crippen LogP contribution < -0.4 is 34.0 Å². The number of amides is 3. The number of benzene rings is 2. The second kappa shape index (κ2) is 30.9. The molecule has 0 aliphatic rings. The Bertz CT molecular complexity index is 2060. The van der Waals surface area contributed by atoms with Crippen LogP contribution in [0, 0.1) is 0 Å². The minimum Gasteiger partial charge on any atom is -0.480 e. The first-order valence-corrected chi connectivity index (χ1v) is 18.8. The molecule has 2 heterocycles. The number of nitrogens with zero attached hydrogens (tertiary/aromatic N) is 6. The molecule has 0 aliphatic carbocycles. The summed E-state index contributed by atoms with van der Waals surface area (Å²) in [6.45, 7) is -1.31. The largest absolute Gasteiger partial charge is 0.480 e. The fraction of sp³-hybridized carbons (Fsp3) is 0.371. The van der Waals surface area contributed by atoms with Gasteiger partial charge in [0.15, 0.2) is 23.3 Å². The quantitative estimate of drug-likeness (QED) is 0.0554. The van der Waals surface area contributed by atoms with Crippen molar-refractivity contribution in [1.29, 1.82) is 1.34 Å². The number of aliphatic hydroxyl groups excluding tert-OH is 2. The van der Waals surface area contributed by atoms with Crippen molar-refractivity contribution in [3.05, 3.63) is 68.1 Å². The summed E-state index contributed by atoms with van der Waals surface area (Å²) in [5.74, 6) is -1.81. The number of nitrogens with two attached hydrogens (primary N) is 5. The predicted octanol–water partition coefficient (Wildman–Crippen LogP) is 0.0225. The van der Waals surface area contributed by atoms with Gasteiger partial charge in [-0.15, -0.1) is 20.4 Å². The molecule has 2 unspecified atom stereocenters. The highest BCUT2D eigenvalue weighted by molar-refractivity contribution is 6.44. The summed E-state index contributed by atoms with van der Waals surface area (Å²) in [6.07, 6.45) is 0.0176. The van der Waals surface area contributed by atoms with Crippen LogP contribution in [-0.4, -0.2) is 135 Å². The number of aromatic nitrogens is 6. The molecule has 0 aliphatic heterocycles. The number of carbonyl (C=O) groups is 4. The van der Waals surface area contributed by atoms with Gasteiger partial charge in [-0.2, -0.15) is 0 Å². The van der Waals surface area contributed by atoms with E-state index in [0.29, 0.717) is 67.1 Å². The van der Waals surface area contributed by atoms with E-state index in [-0.39, 0.29) is 72.8 Å². The Morgan fingerprint density at radius 3 is 1.55 bits per heavy atom. The Balaban J connectivity index is 0.000000984. The molecule has 27 heteroatoms. The van der Waals surface area contributed by atoms with Crippen LogP contribution >= 0.6 is 46.4 Å². The molecule has 0 spiro atoms. The van der Waals surface area contributed by atoms with Crippen LogP contribution in [0.1, 0.15) is 31.9 Å². The minimum absolute atomic E-state index is 0. The molecule has 3 amide bonds. The van der Waals surface area contributed by atoms with Gasteiger partial charge in [-0.25, -0.2) is 14.8 Å². The maximum absolute atomic E-state index is 11.5. The summed E-state index contributed by atoms with van der Waals surface area (Å²) in [4.78, 5) is 50.0. The van der Waals surface area contributed by atoms with Gasteiger partial charge in [0.25, 0.3) is 8.01 Å². The first-order valence-electron chi connectivity index (χ1n) is 17.9. The number of carbonyl (C=O) groups excluding carboxylic acids is 3. The Kier molecular flexibility index (Phi) is 27.4. The fourth-order valence-corrected chi connectivity index (χ4v) is 5.07. The number of nitrogen functional groups attached to an aromatic ring is 2. The van der Waals surface area contributed by atoms with Gasteiger partial charge in [-0.3, -0.25) is 14.4 Å². The van der Waals surface area contributed by atoms with Gasteiger partial charge in [0.05, 0.1) is 32.3 Å². The summed E-state index contributed by atoms with van der Waals surface area (Å²) >= 11 is 24.3. The first-order chi connectivity index (χ1) is 29.3. The van der Waals surface area contributed by atoms with E-state index < -0.39 is 42.5 Å². The zero-order valence-electron chi connectivity index (χ0n) is 33.1. The number of nitrogens with one attached hydrogen (secondary N) is 1. The van der Waals surface area contributed by atoms with Gasteiger partial charge in [0.1, 0.15) is 37.8 Å². The zero-order valence-corrected chi connectivity index (χ0v) is 35.1. The molecule has 2 aromatic heterocycles. The molecule has 1 radical (unpaired) electrons. The lowest BCUT2D eigenvalue weighted by Gasteiger charge is -2.12. The molecule has 4 rings (SSSR count). The van der Waals surface area contributed by atoms with Gasteiger partial charge < -0.3 is 63.8 Å². The van der Waals surface area contributed by atoms with Crippen molar-refractivity contribution in [2.45, 2.75) is 45.3 Å². The van der Waals surface area contributed by atoms with Crippen LogP contribution in [0.15, 0.2) is 36.4 Å². The van der Waals surface area contributed by atoms with Crippen LogP contribution in [-0.2, 0) is 41.5 Å². The Labute approximate surface area is 378 Å². The lowest BCUT2D eigenvalue weighted by molar-refractivity contribution is -0.143. The molecule has 15 N–H and O–H groups in total. The van der Waals surface area contributed by atoms with Crippen molar-refractivity contribution in [1.82, 2.24) is 35.7 Å². The number of carboxylic acids is 1. The molecule has 62 heavy (non-hydrogen) atoms. The van der Waals surface area contributed by atoms with E-state index >= 15 is 0 Å². The third-order valence-electron chi connectivity index (χ3n) is 7.09. The third-order valence-corrected chi connectivity index (χ3v) is 8.72. The second-order valence-corrected chi connectivity index (χ2v) is 13.4. The number of hydrogen-bond donors (Lipinski definition) is 10. The number of carboxylic acid groups (broad SMARTS) is 1. The molecule has 339 valence electrons. The van der Waals surface area contributed by atoms with E-state index in [1.807, 2.05) is 0 Å². The zero-order chi connectivity index (χ0) is 46.8. The van der Waals surface area contributed by atoms with Crippen LogP contribution in [0.5, 0.6) is 0 Å². The summed E-state index contributed by atoms with van der Waals surface area (Å²) < 4.78 is 14.7. The topological polar surface area (TPSA) is 387 Å². The number of anilines is 2. The maximum Gasteiger partial charge on any atom is 0.329 e. The average Bonchev–Trinajstić information content (AvgIpc) is 3.21. The number of aliphatic hydroxyl groups is 2. The molecule has 4 aromatic rings. The average molecular weight is 951 g/mol. The molecular formula is C35H48BCl4N12O10. The molecule has 0 fully saturated rings. The van der Waals surface area contributed by atoms with E-state index in [1.54, 1.807) is 36.4 Å². The maximum atomic E-state index is 11.5. The van der Waals surface area contributed by atoms with Crippen LogP contribution in [0.3, 0.4) is 0 Å². The summed E-state index contributed by atoms with van der Waals surface area (Å²) in [7, 11) is 0.250. The monoisotopic (exact) mass is 949 g/mol. The number of rotatable bonds is 19. The van der Waals surface area contributed by atoms with Gasteiger partial charge >= 0.3 is 5.97 Å². The van der Waals surface area contributed by atoms with Gasteiger partial charge in [-0.1, -0.05) is 78.1 Å². The number of ether oxygens (including phenoxy) is 2. The summed E-state index contributed by atoms with van der Waals surface area (Å²) in [5, 5.41) is 54.5. The summed E-state index contributed by atoms with van der Waals surface area (Å²) in [5.41, 5.74) is 28.5. The van der Waals surface area contributed by atoms with Crippen molar-refractivity contribution in [3.63, 3.8) is 0 Å². The van der Waals surface area contributed by atoms with E-state index in [4.69, 9.17) is 85.5 Å². The molecular weight excluding hydrogens is 901 g/mol. The number of primary amides is 2. The van der Waals surface area contributed by atoms with E-state index in [9.17, 15) is 29.4 Å². The van der Waals surface area contributed by atoms with Crippen molar-refractivity contribution in [2.75, 3.05) is 51.0 Å².